The molecule has 0 aromatic rings. The smallest absolute Gasteiger partial charge is 0.410 e. The van der Waals surface area contributed by atoms with E-state index in [0.717, 1.165) is 0 Å². The van der Waals surface area contributed by atoms with Crippen LogP contribution in [-0.2, 0) is 19.1 Å². The summed E-state index contributed by atoms with van der Waals surface area (Å²) in [6, 6.07) is 0. The van der Waals surface area contributed by atoms with E-state index in [0.29, 0.717) is 0 Å². The molecule has 1 aliphatic heterocycles. The fraction of sp³-hybridized carbons (Fsp3) is 0.643. The summed E-state index contributed by atoms with van der Waals surface area (Å²) in [4.78, 5) is 37.1. The maximum Gasteiger partial charge on any atom is 0.410 e. The third kappa shape index (κ3) is 4.47. The summed E-state index contributed by atoms with van der Waals surface area (Å²) < 4.78 is 9.91. The zero-order valence-corrected chi connectivity index (χ0v) is 13.1. The van der Waals surface area contributed by atoms with Gasteiger partial charge in [-0.1, -0.05) is 0 Å². The van der Waals surface area contributed by atoms with Gasteiger partial charge in [0.2, 0.25) is 0 Å². The van der Waals surface area contributed by atoms with E-state index >= 15 is 0 Å². The highest BCUT2D eigenvalue weighted by Gasteiger charge is 2.31. The lowest BCUT2D eigenvalue weighted by Crippen LogP contribution is -2.44. The van der Waals surface area contributed by atoms with Crippen molar-refractivity contribution in [3.8, 4) is 0 Å². The van der Waals surface area contributed by atoms with Crippen molar-refractivity contribution in [2.24, 2.45) is 0 Å². The number of ketones is 1. The highest BCUT2D eigenvalue weighted by molar-refractivity contribution is 6.04. The van der Waals surface area contributed by atoms with Crippen LogP contribution in [0.3, 0.4) is 0 Å². The highest BCUT2D eigenvalue weighted by atomic mass is 16.6. The Bertz CT molecular complexity index is 476. The Balaban J connectivity index is 2.97. The second-order valence-corrected chi connectivity index (χ2v) is 5.67. The number of likely N-dealkylation sites (N-methyl/N-ethyl adjacent to an activating group) is 1. The Morgan fingerprint density at radius 3 is 2.38 bits per heavy atom. The Kier molecular flexibility index (Phi) is 5.34. The molecule has 0 aromatic carbocycles. The highest BCUT2D eigenvalue weighted by Crippen LogP contribution is 2.18. The van der Waals surface area contributed by atoms with Crippen LogP contribution in [-0.4, -0.2) is 55.6 Å². The minimum Gasteiger partial charge on any atom is -0.464 e. The normalized spacial score (nSPS) is 18.1. The van der Waals surface area contributed by atoms with Gasteiger partial charge < -0.3 is 19.7 Å². The molecule has 1 aliphatic rings. The van der Waals surface area contributed by atoms with Gasteiger partial charge in [0, 0.05) is 25.6 Å². The molecule has 0 unspecified atom stereocenters. The molecule has 0 aromatic heterocycles. The van der Waals surface area contributed by atoms with Crippen LogP contribution in [0.5, 0.6) is 0 Å². The van der Waals surface area contributed by atoms with Crippen LogP contribution in [0.1, 0.15) is 27.2 Å². The number of amides is 1. The van der Waals surface area contributed by atoms with Gasteiger partial charge in [-0.15, -0.1) is 0 Å². The Morgan fingerprint density at radius 1 is 1.29 bits per heavy atom. The van der Waals surface area contributed by atoms with Crippen LogP contribution >= 0.6 is 0 Å². The molecular weight excluding hydrogens is 276 g/mol. The van der Waals surface area contributed by atoms with E-state index in [4.69, 9.17) is 4.74 Å². The number of nitrogens with one attached hydrogen (secondary N) is 1. The first-order chi connectivity index (χ1) is 9.69. The van der Waals surface area contributed by atoms with Crippen molar-refractivity contribution in [3.05, 3.63) is 11.3 Å². The molecule has 7 heteroatoms. The van der Waals surface area contributed by atoms with E-state index in [-0.39, 0.29) is 36.6 Å². The van der Waals surface area contributed by atoms with Gasteiger partial charge >= 0.3 is 12.1 Å². The summed E-state index contributed by atoms with van der Waals surface area (Å²) in [6.07, 6.45) is -0.357. The minimum absolute atomic E-state index is 0.0268. The topological polar surface area (TPSA) is 84.9 Å². The number of Topliss-reactive ketones (excluding diaryl/α,β-unsaturated/α-hetero) is 1. The number of likely N-dealkylation sites (tertiary alicyclic amines) is 1. The Morgan fingerprint density at radius 2 is 1.90 bits per heavy atom. The average molecular weight is 298 g/mol. The lowest BCUT2D eigenvalue weighted by Gasteiger charge is -2.31. The minimum atomic E-state index is -0.633. The predicted octanol–water partition coefficient (Wildman–Crippen LogP) is 0.843. The molecule has 1 heterocycles. The first-order valence-electron chi connectivity index (χ1n) is 6.70. The fourth-order valence-corrected chi connectivity index (χ4v) is 1.92. The monoisotopic (exact) mass is 298 g/mol. The van der Waals surface area contributed by atoms with Crippen LogP contribution in [0.25, 0.3) is 0 Å². The molecular formula is C14H22N2O5. The number of rotatable bonds is 2. The number of piperidine rings is 1. The molecule has 21 heavy (non-hydrogen) atoms. The lowest BCUT2D eigenvalue weighted by molar-refractivity contribution is -0.137. The van der Waals surface area contributed by atoms with E-state index in [1.54, 1.807) is 20.8 Å². The van der Waals surface area contributed by atoms with Crippen molar-refractivity contribution < 1.29 is 23.9 Å². The predicted molar refractivity (Wildman–Crippen MR) is 75.5 cm³/mol. The van der Waals surface area contributed by atoms with Gasteiger partial charge in [-0.2, -0.15) is 0 Å². The summed E-state index contributed by atoms with van der Waals surface area (Å²) in [5, 5.41) is 2.67. The van der Waals surface area contributed by atoms with E-state index in [2.05, 4.69) is 10.1 Å². The standard InChI is InChI=1S/C14H22N2O5/c1-14(2,3)21-13(19)16-7-6-10(17)9(8-16)11(15-4)12(18)20-5/h15H,6-8H2,1-5H3/b11-9+. The third-order valence-corrected chi connectivity index (χ3v) is 2.89. The number of carbonyl (C=O) groups is 3. The fourth-order valence-electron chi connectivity index (χ4n) is 1.92. The zero-order valence-electron chi connectivity index (χ0n) is 13.1. The summed E-state index contributed by atoms with van der Waals surface area (Å²) in [5.41, 5.74) is -0.298. The van der Waals surface area contributed by atoms with Gasteiger partial charge in [0.15, 0.2) is 5.78 Å². The number of ether oxygens (including phenoxy) is 2. The van der Waals surface area contributed by atoms with Crippen molar-refractivity contribution in [1.29, 1.82) is 0 Å². The largest absolute Gasteiger partial charge is 0.464 e. The van der Waals surface area contributed by atoms with E-state index in [1.165, 1.54) is 19.1 Å². The summed E-state index contributed by atoms with van der Waals surface area (Å²) in [5.74, 6) is -0.809. The second kappa shape index (κ2) is 6.60. The third-order valence-electron chi connectivity index (χ3n) is 2.89. The van der Waals surface area contributed by atoms with Crippen molar-refractivity contribution in [2.75, 3.05) is 27.2 Å². The molecule has 1 N–H and O–H groups in total. The molecule has 0 radical (unpaired) electrons. The SMILES string of the molecule is CN/C(C(=O)OC)=C1\CN(C(=O)OC(C)(C)C)CCC1=O. The molecule has 0 atom stereocenters. The number of esters is 1. The summed E-state index contributed by atoms with van der Waals surface area (Å²) >= 11 is 0. The lowest BCUT2D eigenvalue weighted by atomic mass is 10.0. The molecule has 1 amide bonds. The molecule has 1 saturated heterocycles. The van der Waals surface area contributed by atoms with Gasteiger partial charge in [-0.25, -0.2) is 9.59 Å². The Labute approximate surface area is 124 Å². The zero-order chi connectivity index (χ0) is 16.2. The van der Waals surface area contributed by atoms with Gasteiger partial charge in [-0.05, 0) is 20.8 Å². The van der Waals surface area contributed by atoms with E-state index < -0.39 is 17.7 Å². The summed E-state index contributed by atoms with van der Waals surface area (Å²) in [6.45, 7) is 5.60. The van der Waals surface area contributed by atoms with Crippen LogP contribution in [0, 0.1) is 0 Å². The number of hydrogen-bond donors (Lipinski definition) is 1. The van der Waals surface area contributed by atoms with Gasteiger partial charge in [0.05, 0.1) is 13.7 Å². The molecule has 0 bridgehead atoms. The number of carbonyl (C=O) groups excluding carboxylic acids is 3. The van der Waals surface area contributed by atoms with Crippen LogP contribution < -0.4 is 5.32 Å². The molecule has 0 saturated carbocycles. The van der Waals surface area contributed by atoms with Crippen molar-refractivity contribution >= 4 is 17.8 Å². The average Bonchev–Trinajstić information content (AvgIpc) is 2.39. The van der Waals surface area contributed by atoms with Crippen LogP contribution in [0.2, 0.25) is 0 Å². The van der Waals surface area contributed by atoms with Gasteiger partial charge in [-0.3, -0.25) is 4.79 Å². The summed E-state index contributed by atoms with van der Waals surface area (Å²) in [7, 11) is 2.76. The maximum atomic E-state index is 12.0. The van der Waals surface area contributed by atoms with Crippen molar-refractivity contribution in [3.63, 3.8) is 0 Å². The molecule has 0 spiro atoms. The first-order valence-corrected chi connectivity index (χ1v) is 6.70. The molecule has 1 fully saturated rings. The second-order valence-electron chi connectivity index (χ2n) is 5.67. The molecule has 7 nitrogen and oxygen atoms in total. The molecule has 0 aliphatic carbocycles. The number of methoxy groups -OCH3 is 1. The van der Waals surface area contributed by atoms with Crippen LogP contribution in [0.15, 0.2) is 11.3 Å². The van der Waals surface area contributed by atoms with Gasteiger partial charge in [0.1, 0.15) is 11.3 Å². The van der Waals surface area contributed by atoms with Gasteiger partial charge in [0.25, 0.3) is 0 Å². The van der Waals surface area contributed by atoms with E-state index in [1.807, 2.05) is 0 Å². The van der Waals surface area contributed by atoms with Crippen molar-refractivity contribution in [1.82, 2.24) is 10.2 Å². The molecule has 118 valence electrons. The van der Waals surface area contributed by atoms with Crippen LogP contribution in [0.4, 0.5) is 4.79 Å². The van der Waals surface area contributed by atoms with Crippen molar-refractivity contribution in [2.45, 2.75) is 32.8 Å². The number of hydrogen-bond acceptors (Lipinski definition) is 6. The molecule has 1 rings (SSSR count). The Hall–Kier alpha value is -2.05. The maximum absolute atomic E-state index is 12.0. The quantitative estimate of drug-likeness (QED) is 0.601. The first kappa shape index (κ1) is 17.0. The van der Waals surface area contributed by atoms with E-state index in [9.17, 15) is 14.4 Å². The number of nitrogens with zero attached hydrogens (tertiary/aromatic N) is 1.